The summed E-state index contributed by atoms with van der Waals surface area (Å²) in [6.07, 6.45) is 9.23. The number of hydrogen-bond acceptors (Lipinski definition) is 5. The van der Waals surface area contributed by atoms with Gasteiger partial charge in [-0.3, -0.25) is 14.5 Å². The Hall–Kier alpha value is -3.81. The molecule has 0 bridgehead atoms. The summed E-state index contributed by atoms with van der Waals surface area (Å²) in [4.78, 5) is 21.1. The van der Waals surface area contributed by atoms with Crippen LogP contribution in [-0.2, 0) is 13.0 Å². The molecule has 0 atom stereocenters. The minimum atomic E-state index is -0.242. The van der Waals surface area contributed by atoms with E-state index in [0.717, 1.165) is 11.3 Å². The summed E-state index contributed by atoms with van der Waals surface area (Å²) in [6.45, 7) is 2.59. The second-order valence-corrected chi connectivity index (χ2v) is 6.17. The smallest absolute Gasteiger partial charge is 0.260 e. The first kappa shape index (κ1) is 17.6. The van der Waals surface area contributed by atoms with Crippen molar-refractivity contribution < 1.29 is 4.79 Å². The number of pyridine rings is 2. The Morgan fingerprint density at radius 3 is 2.71 bits per heavy atom. The Balaban J connectivity index is 1.51. The topological polar surface area (TPSA) is 90.5 Å². The van der Waals surface area contributed by atoms with Crippen molar-refractivity contribution in [2.75, 3.05) is 5.32 Å². The van der Waals surface area contributed by atoms with Crippen LogP contribution in [0.2, 0.25) is 0 Å². The lowest BCUT2D eigenvalue weighted by molar-refractivity contribution is 0.102. The van der Waals surface area contributed by atoms with E-state index in [-0.39, 0.29) is 5.91 Å². The van der Waals surface area contributed by atoms with Gasteiger partial charge in [-0.25, -0.2) is 9.67 Å². The maximum absolute atomic E-state index is 12.8. The Morgan fingerprint density at radius 2 is 1.96 bits per heavy atom. The van der Waals surface area contributed by atoms with Crippen LogP contribution < -0.4 is 5.32 Å². The van der Waals surface area contributed by atoms with Crippen LogP contribution in [0.15, 0.2) is 67.4 Å². The average molecular weight is 373 g/mol. The van der Waals surface area contributed by atoms with Crippen molar-refractivity contribution in [2.45, 2.75) is 19.9 Å². The predicted octanol–water partition coefficient (Wildman–Crippen LogP) is 2.72. The van der Waals surface area contributed by atoms with E-state index in [2.05, 4.69) is 25.5 Å². The first-order valence-electron chi connectivity index (χ1n) is 8.96. The Bertz CT molecular complexity index is 1070. The highest BCUT2D eigenvalue weighted by Gasteiger charge is 2.18. The normalized spacial score (nSPS) is 10.8. The number of carbonyl (C=O) groups excluding carboxylic acids is 1. The molecule has 0 saturated heterocycles. The van der Waals surface area contributed by atoms with Crippen LogP contribution in [0.25, 0.3) is 5.82 Å². The highest BCUT2D eigenvalue weighted by atomic mass is 16.1. The van der Waals surface area contributed by atoms with Crippen molar-refractivity contribution in [1.29, 1.82) is 0 Å². The lowest BCUT2D eigenvalue weighted by Gasteiger charge is -2.07. The quantitative estimate of drug-likeness (QED) is 0.561. The van der Waals surface area contributed by atoms with Crippen LogP contribution >= 0.6 is 0 Å². The van der Waals surface area contributed by atoms with Crippen molar-refractivity contribution in [3.63, 3.8) is 0 Å². The molecule has 0 saturated carbocycles. The third-order valence-corrected chi connectivity index (χ3v) is 4.29. The van der Waals surface area contributed by atoms with Gasteiger partial charge in [0.15, 0.2) is 11.6 Å². The van der Waals surface area contributed by atoms with Gasteiger partial charge in [0, 0.05) is 30.9 Å². The summed E-state index contributed by atoms with van der Waals surface area (Å²) < 4.78 is 3.46. The maximum Gasteiger partial charge on any atom is 0.260 e. The molecule has 0 aromatic carbocycles. The van der Waals surface area contributed by atoms with E-state index in [4.69, 9.17) is 0 Å². The summed E-state index contributed by atoms with van der Waals surface area (Å²) in [5, 5.41) is 11.6. The number of anilines is 1. The molecule has 8 nitrogen and oxygen atoms in total. The van der Waals surface area contributed by atoms with Gasteiger partial charge < -0.3 is 5.32 Å². The monoisotopic (exact) mass is 373 g/mol. The molecule has 4 aromatic heterocycles. The minimum Gasteiger partial charge on any atom is -0.305 e. The van der Waals surface area contributed by atoms with Crippen LogP contribution in [0, 0.1) is 0 Å². The van der Waals surface area contributed by atoms with E-state index < -0.39 is 0 Å². The zero-order chi connectivity index (χ0) is 19.3. The second-order valence-electron chi connectivity index (χ2n) is 6.17. The maximum atomic E-state index is 12.8. The van der Waals surface area contributed by atoms with E-state index in [0.29, 0.717) is 30.2 Å². The first-order valence-corrected chi connectivity index (χ1v) is 8.96. The fraction of sp³-hybridized carbons (Fsp3) is 0.150. The number of aromatic nitrogens is 6. The van der Waals surface area contributed by atoms with Gasteiger partial charge in [-0.2, -0.15) is 10.2 Å². The molecule has 1 amide bonds. The fourth-order valence-electron chi connectivity index (χ4n) is 2.96. The number of amides is 1. The predicted molar refractivity (Wildman–Crippen MR) is 104 cm³/mol. The highest BCUT2D eigenvalue weighted by Crippen LogP contribution is 2.16. The van der Waals surface area contributed by atoms with Crippen LogP contribution in [0.3, 0.4) is 0 Å². The molecule has 0 aliphatic carbocycles. The number of nitrogens with zero attached hydrogens (tertiary/aromatic N) is 6. The molecular formula is C20H19N7O. The van der Waals surface area contributed by atoms with E-state index >= 15 is 0 Å². The van der Waals surface area contributed by atoms with Crippen LogP contribution in [0.4, 0.5) is 5.82 Å². The number of hydrogen-bond donors (Lipinski definition) is 1. The molecule has 0 unspecified atom stereocenters. The van der Waals surface area contributed by atoms with Gasteiger partial charge in [0.2, 0.25) is 0 Å². The number of nitrogens with one attached hydrogen (secondary N) is 1. The molecular weight excluding hydrogens is 354 g/mol. The Kier molecular flexibility index (Phi) is 4.92. The largest absolute Gasteiger partial charge is 0.305 e. The first-order chi connectivity index (χ1) is 13.7. The van der Waals surface area contributed by atoms with Gasteiger partial charge >= 0.3 is 0 Å². The van der Waals surface area contributed by atoms with Gasteiger partial charge in [-0.05, 0) is 36.2 Å². The molecule has 0 fully saturated rings. The van der Waals surface area contributed by atoms with Gasteiger partial charge in [0.1, 0.15) is 0 Å². The standard InChI is InChI=1S/C20H19N7O/c1-2-17-16(13-23-27(17)19-5-3-4-9-22-19)20(28)24-18-8-12-26(25-18)14-15-6-10-21-11-7-15/h3-13H,2,14H2,1H3,(H,24,25,28). The van der Waals surface area contributed by atoms with Crippen LogP contribution in [-0.4, -0.2) is 35.4 Å². The van der Waals surface area contributed by atoms with Gasteiger partial charge in [0.25, 0.3) is 5.91 Å². The number of rotatable bonds is 6. The van der Waals surface area contributed by atoms with E-state index in [1.807, 2.05) is 43.5 Å². The third kappa shape index (κ3) is 3.66. The van der Waals surface area contributed by atoms with Crippen molar-refractivity contribution in [1.82, 2.24) is 29.5 Å². The Labute approximate surface area is 161 Å². The zero-order valence-electron chi connectivity index (χ0n) is 15.4. The molecule has 4 heterocycles. The minimum absolute atomic E-state index is 0.242. The van der Waals surface area contributed by atoms with Crippen LogP contribution in [0.5, 0.6) is 0 Å². The van der Waals surface area contributed by atoms with E-state index in [1.54, 1.807) is 40.2 Å². The molecule has 8 heteroatoms. The molecule has 4 rings (SSSR count). The molecule has 140 valence electrons. The molecule has 28 heavy (non-hydrogen) atoms. The molecule has 0 spiro atoms. The van der Waals surface area contributed by atoms with Crippen molar-refractivity contribution in [3.05, 3.63) is 84.2 Å². The number of carbonyl (C=O) groups is 1. The Morgan fingerprint density at radius 1 is 1.11 bits per heavy atom. The van der Waals surface area contributed by atoms with Crippen molar-refractivity contribution in [3.8, 4) is 5.82 Å². The second kappa shape index (κ2) is 7.83. The van der Waals surface area contributed by atoms with Crippen LogP contribution in [0.1, 0.15) is 28.5 Å². The molecule has 0 radical (unpaired) electrons. The van der Waals surface area contributed by atoms with E-state index in [1.165, 1.54) is 0 Å². The third-order valence-electron chi connectivity index (χ3n) is 4.29. The average Bonchev–Trinajstić information content (AvgIpc) is 3.36. The summed E-state index contributed by atoms with van der Waals surface area (Å²) in [7, 11) is 0. The molecule has 4 aromatic rings. The summed E-state index contributed by atoms with van der Waals surface area (Å²) >= 11 is 0. The van der Waals surface area contributed by atoms with Crippen molar-refractivity contribution in [2.24, 2.45) is 0 Å². The molecule has 0 aliphatic heterocycles. The molecule has 1 N–H and O–H groups in total. The van der Waals surface area contributed by atoms with Crippen molar-refractivity contribution >= 4 is 11.7 Å². The summed E-state index contributed by atoms with van der Waals surface area (Å²) in [5.74, 6) is 0.930. The zero-order valence-corrected chi connectivity index (χ0v) is 15.4. The SMILES string of the molecule is CCc1c(C(=O)Nc2ccn(Cc3ccncc3)n2)cnn1-c1ccccn1. The lowest BCUT2D eigenvalue weighted by atomic mass is 10.2. The van der Waals surface area contributed by atoms with Gasteiger partial charge in [-0.1, -0.05) is 13.0 Å². The summed E-state index contributed by atoms with van der Waals surface area (Å²) in [5.41, 5.74) is 2.39. The highest BCUT2D eigenvalue weighted by molar-refractivity contribution is 6.04. The summed E-state index contributed by atoms with van der Waals surface area (Å²) in [6, 6.07) is 11.2. The molecule has 0 aliphatic rings. The lowest BCUT2D eigenvalue weighted by Crippen LogP contribution is -2.15. The van der Waals surface area contributed by atoms with E-state index in [9.17, 15) is 4.79 Å². The van der Waals surface area contributed by atoms with Gasteiger partial charge in [0.05, 0.1) is 24.0 Å². The fourth-order valence-corrected chi connectivity index (χ4v) is 2.96. The van der Waals surface area contributed by atoms with Gasteiger partial charge in [-0.15, -0.1) is 0 Å².